The number of aliphatic hydroxyl groups excluding tert-OH is 1. The van der Waals surface area contributed by atoms with Crippen molar-refractivity contribution in [3.63, 3.8) is 0 Å². The second-order valence-corrected chi connectivity index (χ2v) is 37.6. The highest BCUT2D eigenvalue weighted by Gasteiger charge is 2.29. The van der Waals surface area contributed by atoms with E-state index in [9.17, 15) is 49.2 Å². The van der Waals surface area contributed by atoms with Crippen LogP contribution in [0, 0.1) is 0 Å². The number of nitrogens with two attached hydrogens (primary N) is 3. The van der Waals surface area contributed by atoms with Crippen molar-refractivity contribution in [3.8, 4) is 33.8 Å². The Morgan fingerprint density at radius 1 is 0.546 bits per heavy atom. The van der Waals surface area contributed by atoms with Crippen LogP contribution < -0.4 is 37.9 Å². The van der Waals surface area contributed by atoms with Gasteiger partial charge >= 0.3 is 12.2 Å². The van der Waals surface area contributed by atoms with Gasteiger partial charge in [0.2, 0.25) is 30.1 Å². The van der Waals surface area contributed by atoms with E-state index in [-0.39, 0.29) is 108 Å². The molecule has 12 bridgehead atoms. The molecule has 0 radical (unpaired) electrons. The number of carbonyl (C=O) groups excluding carboxylic acids is 5. The van der Waals surface area contributed by atoms with Gasteiger partial charge in [0.15, 0.2) is 34.5 Å². The summed E-state index contributed by atoms with van der Waals surface area (Å²) in [5, 5.41) is 17.5. The lowest BCUT2D eigenvalue weighted by Gasteiger charge is -2.28. The number of aliphatic hydroxyl groups is 1. The number of sulfonamides is 3. The number of aromatic nitrogens is 6. The van der Waals surface area contributed by atoms with Crippen molar-refractivity contribution in [2.24, 2.45) is 0 Å². The predicted molar refractivity (Wildman–Crippen MR) is 494 cm³/mol. The Kier molecular flexibility index (Phi) is 40.1. The van der Waals surface area contributed by atoms with Crippen LogP contribution in [0.3, 0.4) is 0 Å². The Morgan fingerprint density at radius 3 is 1.56 bits per heavy atom. The summed E-state index contributed by atoms with van der Waals surface area (Å²) in [7, 11) is -6.65. The van der Waals surface area contributed by atoms with Crippen molar-refractivity contribution in [1.82, 2.24) is 53.0 Å². The van der Waals surface area contributed by atoms with Crippen molar-refractivity contribution in [2.75, 3.05) is 160 Å². The Labute approximate surface area is 764 Å². The molecule has 0 saturated heterocycles. The highest BCUT2D eigenvalue weighted by atomic mass is 35.5. The molecule has 0 spiro atoms. The molecule has 3 aromatic heterocycles. The van der Waals surface area contributed by atoms with Gasteiger partial charge in [0.05, 0.1) is 123 Å². The van der Waals surface area contributed by atoms with Gasteiger partial charge in [0, 0.05) is 100 Å². The van der Waals surface area contributed by atoms with Crippen LogP contribution in [0.15, 0.2) is 179 Å². The number of hydrogen-bond donors (Lipinski definition) is 8. The molecule has 7 heterocycles. The molecule has 9 aromatic rings. The Bertz CT molecular complexity index is 5590. The predicted octanol–water partition coefficient (Wildman–Crippen LogP) is 10.9. The molecule has 0 fully saturated rings. The van der Waals surface area contributed by atoms with Gasteiger partial charge in [-0.05, 0) is 164 Å². The first-order valence-corrected chi connectivity index (χ1v) is 46.2. The van der Waals surface area contributed by atoms with Crippen molar-refractivity contribution < 1.29 is 92.2 Å². The van der Waals surface area contributed by atoms with E-state index >= 15 is 0 Å². The fourth-order valence-corrected chi connectivity index (χ4v) is 15.6. The first kappa shape index (κ1) is 104. The number of nitrogens with zero attached hydrogens (tertiary/aromatic N) is 10. The van der Waals surface area contributed by atoms with Gasteiger partial charge in [-0.3, -0.25) is 14.4 Å². The van der Waals surface area contributed by atoms with Gasteiger partial charge < -0.3 is 86.0 Å². The average molecular weight is 1880 g/mol. The lowest BCUT2D eigenvalue weighted by molar-refractivity contribution is 0.00798. The Balaban J connectivity index is 0.000000241. The fourth-order valence-electron chi connectivity index (χ4n) is 12.5. The number of carbonyl (C=O) groups is 5. The van der Waals surface area contributed by atoms with Crippen LogP contribution in [0.4, 0.5) is 44.1 Å². The Morgan fingerprint density at radius 2 is 1.03 bits per heavy atom. The molecule has 41 heteroatoms. The number of fused-ring (bicyclic) bond motifs is 30. The zero-order valence-corrected chi connectivity index (χ0v) is 77.6. The molecule has 5 amide bonds. The summed E-state index contributed by atoms with van der Waals surface area (Å²) in [5.41, 5.74) is 23.4. The summed E-state index contributed by atoms with van der Waals surface area (Å²) in [6.07, 6.45) is 7.71. The zero-order valence-electron chi connectivity index (χ0n) is 74.3. The molecule has 37 nitrogen and oxygen atoms in total. The van der Waals surface area contributed by atoms with E-state index in [1.807, 2.05) is 30.3 Å². The minimum Gasteiger partial charge on any atom is -0.444 e. The molecule has 130 heavy (non-hydrogen) atoms. The monoisotopic (exact) mass is 1870 g/mol. The molecule has 0 aliphatic carbocycles. The summed E-state index contributed by atoms with van der Waals surface area (Å²) < 4.78 is 127. The van der Waals surface area contributed by atoms with Crippen LogP contribution in [0.2, 0.25) is 0 Å². The SMILES string of the molecule is CN1CCCCCCOCCOCc2cccc(c2)NC(=O)c2nc(cnc2N)-c2ccc(cc2)S1(=O)=O.CN1CCCN(C(=O)OC(C)(C)C)CCOCCOCc2cccc(c2)NC(=O)c2nc(cnc2N)-c2ccc(cc2)S1(=O)=O.CNS(=O)(=O)c1ccc(-c2cnc(N)c(C(=O)Nc3cccc(COCCOCCN(CCCO)C(=O)OC(C)(C)C)c3)n2)cc1.Cl. The van der Waals surface area contributed by atoms with Crippen LogP contribution in [0.5, 0.6) is 0 Å². The van der Waals surface area contributed by atoms with Gasteiger partial charge in [0.1, 0.15) is 11.2 Å². The Hall–Kier alpha value is -11.4. The third kappa shape index (κ3) is 32.6. The van der Waals surface area contributed by atoms with Crippen LogP contribution in [0.1, 0.15) is 128 Å². The number of rotatable bonds is 16. The quantitative estimate of drug-likeness (QED) is 0.0329. The molecular weight excluding hydrogens is 1760 g/mol. The molecular formula is C89H116ClN17O20S3. The van der Waals surface area contributed by atoms with Crippen LogP contribution >= 0.6 is 12.4 Å². The summed E-state index contributed by atoms with van der Waals surface area (Å²) in [4.78, 5) is 93.3. The van der Waals surface area contributed by atoms with E-state index < -0.39 is 71.2 Å². The zero-order chi connectivity index (χ0) is 93.3. The van der Waals surface area contributed by atoms with E-state index in [4.69, 9.17) is 60.2 Å². The normalized spacial score (nSPS) is 15.5. The summed E-state index contributed by atoms with van der Waals surface area (Å²) in [6.45, 7) is 16.8. The molecule has 11 N–H and O–H groups in total. The number of nitrogen functional groups attached to an aromatic ring is 3. The van der Waals surface area contributed by atoms with Crippen LogP contribution in [-0.2, 0) is 87.8 Å². The van der Waals surface area contributed by atoms with Crippen molar-refractivity contribution in [1.29, 1.82) is 0 Å². The van der Waals surface area contributed by atoms with E-state index in [0.29, 0.717) is 143 Å². The van der Waals surface area contributed by atoms with E-state index in [1.165, 1.54) is 87.5 Å². The second-order valence-electron chi connectivity index (χ2n) is 31.6. The maximum absolute atomic E-state index is 13.3. The number of nitrogens with one attached hydrogen (secondary N) is 4. The molecule has 0 unspecified atom stereocenters. The molecule has 702 valence electrons. The van der Waals surface area contributed by atoms with E-state index in [2.05, 4.69) is 50.6 Å². The summed E-state index contributed by atoms with van der Waals surface area (Å²) in [6, 6.07) is 40.1. The molecule has 6 aromatic carbocycles. The lowest BCUT2D eigenvalue weighted by Crippen LogP contribution is -2.40. The van der Waals surface area contributed by atoms with Gasteiger partial charge in [-0.1, -0.05) is 85.6 Å². The average Bonchev–Trinajstić information content (AvgIpc) is 0.811. The minimum atomic E-state index is -3.83. The highest BCUT2D eigenvalue weighted by Crippen LogP contribution is 2.29. The van der Waals surface area contributed by atoms with Crippen LogP contribution in [0.25, 0.3) is 33.8 Å². The molecule has 0 atom stereocenters. The smallest absolute Gasteiger partial charge is 0.410 e. The highest BCUT2D eigenvalue weighted by molar-refractivity contribution is 7.89. The largest absolute Gasteiger partial charge is 0.444 e. The fraction of sp³-hybridized carbons (Fsp3) is 0.404. The summed E-state index contributed by atoms with van der Waals surface area (Å²) in [5.74, 6) is -1.72. The lowest BCUT2D eigenvalue weighted by atomic mass is 10.1. The third-order valence-corrected chi connectivity index (χ3v) is 24.5. The van der Waals surface area contributed by atoms with Gasteiger partial charge in [0.25, 0.3) is 17.7 Å². The first-order chi connectivity index (χ1) is 61.5. The number of anilines is 6. The van der Waals surface area contributed by atoms with Crippen LogP contribution in [-0.4, -0.2) is 246 Å². The molecule has 13 rings (SSSR count). The van der Waals surface area contributed by atoms with E-state index in [1.54, 1.807) is 127 Å². The molecule has 4 aliphatic rings. The standard InChI is InChI=1S/C31H42N6O8S.C31H40N6O7S.C27H33N5O5S.ClH/c1-31(2,3)45-30(40)37(13-6-15-38)14-16-43-17-18-44-21-22-7-5-8-24(19-22)35-29(39)27-28(32)34-20-26(36-27)23-9-11-25(12-10-23)46(41,42)33-4;1-31(2,3)44-30(39)37-14-6-13-36(4)45(40,41)25-11-9-23(10-12-25)26-20-33-28(32)27(35-26)29(38)34-24-8-5-7-22(19-24)21-43-18-17-42-16-15-37;1-32-13-4-2-3-5-14-36-15-16-37-19-20-7-6-8-22(17-20)30-27(33)25-26(28)29-18-24(31-25)21-9-11-23(12-10-21)38(32,34)35;/h5,7-12,19-20,33,38H,6,13-18,21H2,1-4H3,(H2,32,34)(H,35,39);5,7-12,19-20H,6,13-18,21H2,1-4H3,(H2,32,33)(H,34,38);6-12,17-18H,2-5,13-16,19H2,1H3,(H2,28,29)(H,30,33);1H. The van der Waals surface area contributed by atoms with E-state index in [0.717, 1.165) is 42.4 Å². The number of hydrogen-bond acceptors (Lipinski definition) is 29. The summed E-state index contributed by atoms with van der Waals surface area (Å²) >= 11 is 0. The third-order valence-electron chi connectivity index (χ3n) is 19.3. The second kappa shape index (κ2) is 50.2. The molecule has 4 aliphatic heterocycles. The number of amides is 5. The maximum atomic E-state index is 13.3. The van der Waals surface area contributed by atoms with Gasteiger partial charge in [-0.15, -0.1) is 12.4 Å². The maximum Gasteiger partial charge on any atom is 0.410 e. The van der Waals surface area contributed by atoms with Crippen molar-refractivity contribution in [2.45, 2.75) is 126 Å². The topological polar surface area (TPSA) is 498 Å². The number of benzene rings is 6. The van der Waals surface area contributed by atoms with Gasteiger partial charge in [-0.2, -0.15) is 0 Å². The van der Waals surface area contributed by atoms with Crippen molar-refractivity contribution >= 4 is 107 Å². The molecule has 0 saturated carbocycles. The first-order valence-electron chi connectivity index (χ1n) is 41.8. The minimum absolute atomic E-state index is 0. The van der Waals surface area contributed by atoms with Gasteiger partial charge in [-0.25, -0.2) is 78.1 Å². The number of ether oxygens (including phenoxy) is 8. The number of halogens is 1. The van der Waals surface area contributed by atoms with Crippen molar-refractivity contribution in [3.05, 3.63) is 198 Å².